The number of nitrogens with zero attached hydrogens (tertiary/aromatic N) is 3. The highest BCUT2D eigenvalue weighted by atomic mass is 16.6. The van der Waals surface area contributed by atoms with Crippen molar-refractivity contribution in [2.75, 3.05) is 13.1 Å². The Labute approximate surface area is 120 Å². The minimum atomic E-state index is -0.430. The van der Waals surface area contributed by atoms with E-state index < -0.39 is 5.60 Å². The van der Waals surface area contributed by atoms with Gasteiger partial charge in [0, 0.05) is 36.9 Å². The summed E-state index contributed by atoms with van der Waals surface area (Å²) in [6.45, 7) is 11.5. The van der Waals surface area contributed by atoms with Gasteiger partial charge in [0.1, 0.15) is 5.60 Å². The molecule has 0 N–H and O–H groups in total. The molecule has 0 aromatic carbocycles. The zero-order valence-electron chi connectivity index (χ0n) is 13.1. The van der Waals surface area contributed by atoms with Crippen molar-refractivity contribution in [2.45, 2.75) is 58.6 Å². The van der Waals surface area contributed by atoms with Gasteiger partial charge in [-0.15, -0.1) is 0 Å². The van der Waals surface area contributed by atoms with Gasteiger partial charge in [0.15, 0.2) is 0 Å². The SMILES string of the molecule is CCC(C)n1cncc1C1CN(C(=O)OC(C)(C)C)C1. The topological polar surface area (TPSA) is 47.4 Å². The van der Waals surface area contributed by atoms with Crippen LogP contribution in [0.15, 0.2) is 12.5 Å². The molecule has 0 radical (unpaired) electrons. The molecule has 112 valence electrons. The van der Waals surface area contributed by atoms with Gasteiger partial charge in [0.05, 0.1) is 6.33 Å². The fourth-order valence-corrected chi connectivity index (χ4v) is 2.34. The molecule has 1 aromatic rings. The van der Waals surface area contributed by atoms with E-state index in [0.717, 1.165) is 19.5 Å². The van der Waals surface area contributed by atoms with Crippen LogP contribution < -0.4 is 0 Å². The predicted molar refractivity (Wildman–Crippen MR) is 77.8 cm³/mol. The van der Waals surface area contributed by atoms with E-state index in [-0.39, 0.29) is 6.09 Å². The Hall–Kier alpha value is -1.52. The first-order chi connectivity index (χ1) is 9.31. The van der Waals surface area contributed by atoms with Gasteiger partial charge in [-0.3, -0.25) is 0 Å². The number of carbonyl (C=O) groups is 1. The first-order valence-electron chi connectivity index (χ1n) is 7.31. The first kappa shape index (κ1) is 14.9. The number of likely N-dealkylation sites (tertiary alicyclic amines) is 1. The van der Waals surface area contributed by atoms with E-state index in [1.165, 1.54) is 5.69 Å². The largest absolute Gasteiger partial charge is 0.444 e. The van der Waals surface area contributed by atoms with Crippen molar-refractivity contribution >= 4 is 6.09 Å². The minimum absolute atomic E-state index is 0.219. The van der Waals surface area contributed by atoms with Gasteiger partial charge >= 0.3 is 6.09 Å². The number of imidazole rings is 1. The van der Waals surface area contributed by atoms with E-state index in [2.05, 4.69) is 23.4 Å². The van der Waals surface area contributed by atoms with Crippen LogP contribution in [0.25, 0.3) is 0 Å². The molecule has 5 nitrogen and oxygen atoms in total. The molecule has 1 saturated heterocycles. The Balaban J connectivity index is 1.94. The standard InChI is InChI=1S/C15H25N3O2/c1-6-11(2)18-10-16-7-13(18)12-8-17(9-12)14(19)20-15(3,4)5/h7,10-12H,6,8-9H2,1-5H3. The average molecular weight is 279 g/mol. The van der Waals surface area contributed by atoms with E-state index >= 15 is 0 Å². The lowest BCUT2D eigenvalue weighted by atomic mass is 9.96. The summed E-state index contributed by atoms with van der Waals surface area (Å²) < 4.78 is 7.59. The van der Waals surface area contributed by atoms with Crippen LogP contribution in [0.2, 0.25) is 0 Å². The van der Waals surface area contributed by atoms with Crippen molar-refractivity contribution in [2.24, 2.45) is 0 Å². The number of rotatable bonds is 3. The molecule has 1 unspecified atom stereocenters. The van der Waals surface area contributed by atoms with Crippen LogP contribution in [-0.2, 0) is 4.74 Å². The van der Waals surface area contributed by atoms with Gasteiger partial charge in [0.25, 0.3) is 0 Å². The van der Waals surface area contributed by atoms with Crippen LogP contribution in [-0.4, -0.2) is 39.2 Å². The van der Waals surface area contributed by atoms with Crippen LogP contribution >= 0.6 is 0 Å². The lowest BCUT2D eigenvalue weighted by Gasteiger charge is -2.40. The fourth-order valence-electron chi connectivity index (χ4n) is 2.34. The zero-order chi connectivity index (χ0) is 14.9. The first-order valence-corrected chi connectivity index (χ1v) is 7.31. The number of ether oxygens (including phenoxy) is 1. The summed E-state index contributed by atoms with van der Waals surface area (Å²) in [5, 5.41) is 0. The summed E-state index contributed by atoms with van der Waals surface area (Å²) in [4.78, 5) is 17.9. The maximum Gasteiger partial charge on any atom is 0.410 e. The van der Waals surface area contributed by atoms with Gasteiger partial charge in [-0.1, -0.05) is 6.92 Å². The molecule has 2 heterocycles. The molecule has 0 aliphatic carbocycles. The minimum Gasteiger partial charge on any atom is -0.444 e. The second-order valence-electron chi connectivity index (χ2n) is 6.57. The lowest BCUT2D eigenvalue weighted by molar-refractivity contribution is 0.00751. The van der Waals surface area contributed by atoms with Crippen LogP contribution in [0.4, 0.5) is 4.79 Å². The van der Waals surface area contributed by atoms with E-state index in [1.807, 2.05) is 33.3 Å². The van der Waals surface area contributed by atoms with E-state index in [9.17, 15) is 4.79 Å². The summed E-state index contributed by atoms with van der Waals surface area (Å²) in [7, 11) is 0. The van der Waals surface area contributed by atoms with E-state index in [4.69, 9.17) is 4.74 Å². The molecule has 0 saturated carbocycles. The third-order valence-electron chi connectivity index (χ3n) is 3.71. The van der Waals surface area contributed by atoms with Crippen LogP contribution in [0.1, 0.15) is 58.7 Å². The van der Waals surface area contributed by atoms with Crippen molar-refractivity contribution in [1.82, 2.24) is 14.5 Å². The Kier molecular flexibility index (Phi) is 4.06. The van der Waals surface area contributed by atoms with Gasteiger partial charge in [-0.25, -0.2) is 9.78 Å². The quantitative estimate of drug-likeness (QED) is 0.853. The monoisotopic (exact) mass is 279 g/mol. The molecule has 1 atom stereocenters. The molecule has 20 heavy (non-hydrogen) atoms. The smallest absolute Gasteiger partial charge is 0.410 e. The Morgan fingerprint density at radius 2 is 2.15 bits per heavy atom. The van der Waals surface area contributed by atoms with Gasteiger partial charge < -0.3 is 14.2 Å². The molecule has 1 aromatic heterocycles. The van der Waals surface area contributed by atoms with Crippen molar-refractivity contribution in [3.8, 4) is 0 Å². The number of hydrogen-bond donors (Lipinski definition) is 0. The van der Waals surface area contributed by atoms with Crippen molar-refractivity contribution in [3.05, 3.63) is 18.2 Å². The Morgan fingerprint density at radius 3 is 2.70 bits per heavy atom. The van der Waals surface area contributed by atoms with Crippen molar-refractivity contribution in [1.29, 1.82) is 0 Å². The van der Waals surface area contributed by atoms with Gasteiger partial charge in [-0.05, 0) is 34.1 Å². The molecule has 0 bridgehead atoms. The lowest BCUT2D eigenvalue weighted by Crippen LogP contribution is -2.50. The summed E-state index contributed by atoms with van der Waals surface area (Å²) in [6, 6.07) is 0.447. The van der Waals surface area contributed by atoms with Crippen LogP contribution in [0.3, 0.4) is 0 Å². The molecule has 2 rings (SSSR count). The number of amides is 1. The summed E-state index contributed by atoms with van der Waals surface area (Å²) >= 11 is 0. The summed E-state index contributed by atoms with van der Waals surface area (Å²) in [5.41, 5.74) is 0.792. The maximum atomic E-state index is 11.9. The predicted octanol–water partition coefficient (Wildman–Crippen LogP) is 3.19. The van der Waals surface area contributed by atoms with Gasteiger partial charge in [-0.2, -0.15) is 0 Å². The molecule has 1 amide bonds. The second-order valence-corrected chi connectivity index (χ2v) is 6.57. The van der Waals surface area contributed by atoms with E-state index in [1.54, 1.807) is 4.90 Å². The average Bonchev–Trinajstić information content (AvgIpc) is 2.72. The highest BCUT2D eigenvalue weighted by molar-refractivity contribution is 5.69. The normalized spacial score (nSPS) is 17.8. The highest BCUT2D eigenvalue weighted by Crippen LogP contribution is 2.30. The molecule has 1 aliphatic heterocycles. The van der Waals surface area contributed by atoms with E-state index in [0.29, 0.717) is 12.0 Å². The maximum absolute atomic E-state index is 11.9. The highest BCUT2D eigenvalue weighted by Gasteiger charge is 2.36. The Morgan fingerprint density at radius 1 is 1.50 bits per heavy atom. The summed E-state index contributed by atoms with van der Waals surface area (Å²) in [5.74, 6) is 0.374. The molecule has 0 spiro atoms. The zero-order valence-corrected chi connectivity index (χ0v) is 13.1. The fraction of sp³-hybridized carbons (Fsp3) is 0.733. The molecule has 1 aliphatic rings. The molecule has 5 heteroatoms. The summed E-state index contributed by atoms with van der Waals surface area (Å²) in [6.07, 6.45) is 4.66. The molecule has 1 fully saturated rings. The van der Waals surface area contributed by atoms with Crippen molar-refractivity contribution in [3.63, 3.8) is 0 Å². The number of carbonyl (C=O) groups excluding carboxylic acids is 1. The van der Waals surface area contributed by atoms with Crippen molar-refractivity contribution < 1.29 is 9.53 Å². The van der Waals surface area contributed by atoms with Gasteiger partial charge in [0.2, 0.25) is 0 Å². The number of hydrogen-bond acceptors (Lipinski definition) is 3. The third kappa shape index (κ3) is 3.14. The number of aromatic nitrogens is 2. The molecular formula is C15H25N3O2. The third-order valence-corrected chi connectivity index (χ3v) is 3.71. The van der Waals surface area contributed by atoms with Crippen LogP contribution in [0.5, 0.6) is 0 Å². The van der Waals surface area contributed by atoms with Crippen LogP contribution in [0, 0.1) is 0 Å². The molecular weight excluding hydrogens is 254 g/mol. The Bertz CT molecular complexity index is 470. The second kappa shape index (κ2) is 5.46.